The fraction of sp³-hybridized carbons (Fsp3) is 0.294. The van der Waals surface area contributed by atoms with E-state index in [0.29, 0.717) is 24.5 Å². The molecule has 0 saturated carbocycles. The van der Waals surface area contributed by atoms with E-state index in [2.05, 4.69) is 10.3 Å². The van der Waals surface area contributed by atoms with E-state index in [-0.39, 0.29) is 36.5 Å². The lowest BCUT2D eigenvalue weighted by atomic mass is 10.1. The van der Waals surface area contributed by atoms with E-state index in [1.807, 2.05) is 4.90 Å². The van der Waals surface area contributed by atoms with Crippen molar-refractivity contribution in [1.29, 1.82) is 5.26 Å². The SMILES string of the molecule is N#Cc1cc(COc2cc3n(c(=O)n2)CC2CNC(=O)CN32)ccc1F. The largest absolute Gasteiger partial charge is 0.473 e. The van der Waals surface area contributed by atoms with Crippen LogP contribution in [-0.4, -0.2) is 34.6 Å². The maximum Gasteiger partial charge on any atom is 0.352 e. The second-order valence-electron chi connectivity index (χ2n) is 6.15. The molecule has 2 aliphatic rings. The normalized spacial score (nSPS) is 17.9. The van der Waals surface area contributed by atoms with Crippen molar-refractivity contribution < 1.29 is 13.9 Å². The topological polar surface area (TPSA) is 100 Å². The van der Waals surface area contributed by atoms with Gasteiger partial charge >= 0.3 is 5.69 Å². The van der Waals surface area contributed by atoms with Gasteiger partial charge in [0.25, 0.3) is 0 Å². The summed E-state index contributed by atoms with van der Waals surface area (Å²) in [5, 5.41) is 11.7. The molecule has 1 aromatic heterocycles. The molecule has 1 unspecified atom stereocenters. The van der Waals surface area contributed by atoms with Crippen LogP contribution >= 0.6 is 0 Å². The Labute approximate surface area is 147 Å². The molecule has 4 rings (SSSR count). The van der Waals surface area contributed by atoms with Crippen molar-refractivity contribution >= 4 is 11.7 Å². The van der Waals surface area contributed by atoms with Crippen LogP contribution in [0.2, 0.25) is 0 Å². The quantitative estimate of drug-likeness (QED) is 0.841. The smallest absolute Gasteiger partial charge is 0.352 e. The van der Waals surface area contributed by atoms with Crippen molar-refractivity contribution in [2.45, 2.75) is 19.2 Å². The number of nitriles is 1. The molecule has 132 valence electrons. The molecular formula is C17H14FN5O3. The Balaban J connectivity index is 1.57. The summed E-state index contributed by atoms with van der Waals surface area (Å²) in [6, 6.07) is 7.49. The fourth-order valence-corrected chi connectivity index (χ4v) is 3.19. The molecule has 1 aromatic carbocycles. The van der Waals surface area contributed by atoms with E-state index in [4.69, 9.17) is 10.00 Å². The Morgan fingerprint density at radius 1 is 1.38 bits per heavy atom. The number of anilines is 1. The number of hydrogen-bond donors (Lipinski definition) is 1. The van der Waals surface area contributed by atoms with Crippen LogP contribution in [0.4, 0.5) is 10.2 Å². The number of ether oxygens (including phenoxy) is 1. The average Bonchev–Trinajstić information content (AvgIpc) is 2.99. The van der Waals surface area contributed by atoms with Crippen LogP contribution < -0.4 is 20.6 Å². The molecule has 3 heterocycles. The van der Waals surface area contributed by atoms with Crippen LogP contribution in [0.3, 0.4) is 0 Å². The van der Waals surface area contributed by atoms with Gasteiger partial charge in [-0.3, -0.25) is 9.36 Å². The predicted octanol–water partition coefficient (Wildman–Crippen LogP) is 0.151. The van der Waals surface area contributed by atoms with Crippen molar-refractivity contribution in [3.63, 3.8) is 0 Å². The Hall–Kier alpha value is -3.41. The lowest BCUT2D eigenvalue weighted by Crippen LogP contribution is -2.52. The average molecular weight is 355 g/mol. The summed E-state index contributed by atoms with van der Waals surface area (Å²) < 4.78 is 20.4. The van der Waals surface area contributed by atoms with Gasteiger partial charge in [-0.1, -0.05) is 6.07 Å². The molecule has 1 amide bonds. The molecule has 8 nitrogen and oxygen atoms in total. The maximum atomic E-state index is 13.4. The maximum absolute atomic E-state index is 13.4. The molecule has 9 heteroatoms. The van der Waals surface area contributed by atoms with Gasteiger partial charge in [0.15, 0.2) is 0 Å². The molecule has 1 saturated heterocycles. The number of nitrogens with zero attached hydrogens (tertiary/aromatic N) is 4. The van der Waals surface area contributed by atoms with E-state index < -0.39 is 11.5 Å². The first kappa shape index (κ1) is 16.1. The second kappa shape index (κ2) is 6.15. The molecule has 0 aliphatic carbocycles. The van der Waals surface area contributed by atoms with Crippen molar-refractivity contribution in [2.24, 2.45) is 0 Å². The lowest BCUT2D eigenvalue weighted by molar-refractivity contribution is -0.120. The molecular weight excluding hydrogens is 341 g/mol. The lowest BCUT2D eigenvalue weighted by Gasteiger charge is -2.30. The summed E-state index contributed by atoms with van der Waals surface area (Å²) in [6.07, 6.45) is 0. The summed E-state index contributed by atoms with van der Waals surface area (Å²) in [5.41, 5.74) is 0.0620. The highest BCUT2D eigenvalue weighted by molar-refractivity contribution is 5.83. The number of carbonyl (C=O) groups is 1. The third-order valence-corrected chi connectivity index (χ3v) is 4.48. The van der Waals surface area contributed by atoms with E-state index in [9.17, 15) is 14.0 Å². The summed E-state index contributed by atoms with van der Waals surface area (Å²) >= 11 is 0. The highest BCUT2D eigenvalue weighted by Crippen LogP contribution is 2.27. The molecule has 0 radical (unpaired) electrons. The first-order valence-electron chi connectivity index (χ1n) is 8.01. The van der Waals surface area contributed by atoms with E-state index >= 15 is 0 Å². The molecule has 1 fully saturated rings. The van der Waals surface area contributed by atoms with Gasteiger partial charge in [0.2, 0.25) is 11.8 Å². The minimum atomic E-state index is -0.598. The monoisotopic (exact) mass is 355 g/mol. The number of carbonyl (C=O) groups excluding carboxylic acids is 1. The number of aromatic nitrogens is 2. The molecule has 0 bridgehead atoms. The highest BCUT2D eigenvalue weighted by atomic mass is 19.1. The summed E-state index contributed by atoms with van der Waals surface area (Å²) in [5.74, 6) is 0.0173. The molecule has 26 heavy (non-hydrogen) atoms. The number of amides is 1. The minimum absolute atomic E-state index is 0.0211. The predicted molar refractivity (Wildman–Crippen MR) is 88.1 cm³/mol. The van der Waals surface area contributed by atoms with Crippen molar-refractivity contribution in [1.82, 2.24) is 14.9 Å². The Morgan fingerprint density at radius 3 is 3.04 bits per heavy atom. The number of hydrogen-bond acceptors (Lipinski definition) is 6. The van der Waals surface area contributed by atoms with Crippen molar-refractivity contribution in [3.05, 3.63) is 51.7 Å². The van der Waals surface area contributed by atoms with Crippen molar-refractivity contribution in [3.8, 4) is 11.9 Å². The molecule has 1 atom stereocenters. The third-order valence-electron chi connectivity index (χ3n) is 4.48. The van der Waals surface area contributed by atoms with Gasteiger partial charge in [-0.25, -0.2) is 9.18 Å². The number of nitrogens with one attached hydrogen (secondary N) is 1. The van der Waals surface area contributed by atoms with Gasteiger partial charge < -0.3 is 15.0 Å². The Bertz CT molecular complexity index is 997. The third kappa shape index (κ3) is 2.75. The minimum Gasteiger partial charge on any atom is -0.473 e. The van der Waals surface area contributed by atoms with Crippen LogP contribution in [0.15, 0.2) is 29.1 Å². The number of halogens is 1. The number of fused-ring (bicyclic) bond motifs is 3. The van der Waals surface area contributed by atoms with Crippen molar-refractivity contribution in [2.75, 3.05) is 18.0 Å². The van der Waals surface area contributed by atoms with Crippen LogP contribution in [-0.2, 0) is 17.9 Å². The first-order chi connectivity index (χ1) is 12.5. The van der Waals surface area contributed by atoms with E-state index in [1.54, 1.807) is 12.1 Å². The molecule has 0 spiro atoms. The summed E-state index contributed by atoms with van der Waals surface area (Å²) in [4.78, 5) is 29.7. The van der Waals surface area contributed by atoms with Crippen LogP contribution in [0.5, 0.6) is 5.88 Å². The Morgan fingerprint density at radius 2 is 2.23 bits per heavy atom. The first-order valence-corrected chi connectivity index (χ1v) is 8.01. The van der Waals surface area contributed by atoms with Crippen LogP contribution in [0.1, 0.15) is 11.1 Å². The van der Waals surface area contributed by atoms with Gasteiger partial charge in [0, 0.05) is 12.6 Å². The zero-order valence-electron chi connectivity index (χ0n) is 13.6. The summed E-state index contributed by atoms with van der Waals surface area (Å²) in [6.45, 7) is 1.15. The summed E-state index contributed by atoms with van der Waals surface area (Å²) in [7, 11) is 0. The van der Waals surface area contributed by atoms with Crippen LogP contribution in [0, 0.1) is 17.1 Å². The standard InChI is InChI=1S/C17H14FN5O3/c18-13-2-1-10(3-11(13)5-19)9-26-15-4-16-22-8-14(24)20-6-12(22)7-23(16)17(25)21-15/h1-4,12H,6-9H2,(H,20,24). The number of rotatable bonds is 3. The molecule has 2 aliphatic heterocycles. The Kier molecular flexibility index (Phi) is 3.80. The molecule has 2 aromatic rings. The zero-order chi connectivity index (χ0) is 18.3. The van der Waals surface area contributed by atoms with E-state index in [0.717, 1.165) is 0 Å². The highest BCUT2D eigenvalue weighted by Gasteiger charge is 2.35. The molecule has 1 N–H and O–H groups in total. The van der Waals surface area contributed by atoms with Gasteiger partial charge in [0.1, 0.15) is 24.3 Å². The zero-order valence-corrected chi connectivity index (χ0v) is 13.6. The van der Waals surface area contributed by atoms with Gasteiger partial charge in [0.05, 0.1) is 24.7 Å². The fourth-order valence-electron chi connectivity index (χ4n) is 3.19. The van der Waals surface area contributed by atoms with E-state index in [1.165, 1.54) is 22.8 Å². The number of piperazine rings is 1. The van der Waals surface area contributed by atoms with Gasteiger partial charge in [-0.05, 0) is 17.7 Å². The van der Waals surface area contributed by atoms with Crippen LogP contribution in [0.25, 0.3) is 0 Å². The van der Waals surface area contributed by atoms with Gasteiger partial charge in [-0.15, -0.1) is 0 Å². The second-order valence-corrected chi connectivity index (χ2v) is 6.15. The number of benzene rings is 1. The van der Waals surface area contributed by atoms with Gasteiger partial charge in [-0.2, -0.15) is 10.2 Å².